The van der Waals surface area contributed by atoms with E-state index in [4.69, 9.17) is 4.74 Å². The minimum absolute atomic E-state index is 0.0374. The van der Waals surface area contributed by atoms with E-state index in [0.717, 1.165) is 12.8 Å². The molecule has 0 amide bonds. The topological polar surface area (TPSA) is 9.23 Å². The van der Waals surface area contributed by atoms with E-state index < -0.39 is 0 Å². The van der Waals surface area contributed by atoms with Crippen LogP contribution in [0.2, 0.25) is 0 Å². The van der Waals surface area contributed by atoms with Crippen LogP contribution >= 0.6 is 22.7 Å². The zero-order valence-corrected chi connectivity index (χ0v) is 33.0. The minimum Gasteiger partial charge on any atom is -0.496 e. The van der Waals surface area contributed by atoms with E-state index in [1.807, 2.05) is 28.9 Å². The summed E-state index contributed by atoms with van der Waals surface area (Å²) < 4.78 is 8.47. The highest BCUT2D eigenvalue weighted by Gasteiger charge is 2.46. The standard InChI is InChI=1S/C51H42OS2/c1-50(2)40-10-7-9-35-48-34-17-13-31(29-15-19-46-37(23-29)39-27-52-21-20-47(39)54-46)25-42(34)51(3,4)43(48)26-38(49(35)40)32-16-12-30(24-41(32)50)28-14-18-45-36(22-28)33-8-5-6-11-44(33)53-45/h5-6,8,11-14,16-18,20-26,40H,7,9-10,15,19,27H2,1-4H3. The predicted octanol–water partition coefficient (Wildman–Crippen LogP) is 14.5. The van der Waals surface area contributed by atoms with Crippen LogP contribution in [0, 0.1) is 0 Å². The Bertz CT molecular complexity index is 2870. The second-order valence-corrected chi connectivity index (χ2v) is 19.6. The molecule has 0 radical (unpaired) electrons. The molecule has 0 bridgehead atoms. The molecule has 7 aromatic rings. The van der Waals surface area contributed by atoms with Gasteiger partial charge >= 0.3 is 0 Å². The van der Waals surface area contributed by atoms with Crippen molar-refractivity contribution in [1.29, 1.82) is 0 Å². The molecule has 5 aromatic carbocycles. The molecule has 3 heterocycles. The molecular formula is C51H42OS2. The van der Waals surface area contributed by atoms with Crippen molar-refractivity contribution in [3.8, 4) is 33.4 Å². The van der Waals surface area contributed by atoms with Gasteiger partial charge in [-0.15, -0.1) is 22.7 Å². The van der Waals surface area contributed by atoms with E-state index >= 15 is 0 Å². The Morgan fingerprint density at radius 2 is 1.46 bits per heavy atom. The molecule has 0 N–H and O–H groups in total. The van der Waals surface area contributed by atoms with E-state index in [-0.39, 0.29) is 10.8 Å². The number of fused-ring (bicyclic) bond motifs is 12. The maximum Gasteiger partial charge on any atom is 0.114 e. The van der Waals surface area contributed by atoms with Crippen molar-refractivity contribution in [3.63, 3.8) is 0 Å². The number of allylic oxidation sites excluding steroid dienone is 1. The third kappa shape index (κ3) is 4.20. The van der Waals surface area contributed by atoms with Crippen LogP contribution in [0.25, 0.3) is 71.3 Å². The monoisotopic (exact) mass is 734 g/mol. The molecule has 1 atom stereocenters. The lowest BCUT2D eigenvalue weighted by atomic mass is 9.57. The molecule has 54 heavy (non-hydrogen) atoms. The van der Waals surface area contributed by atoms with Crippen molar-refractivity contribution in [3.05, 3.63) is 145 Å². The summed E-state index contributed by atoms with van der Waals surface area (Å²) in [5, 5.41) is 2.74. The summed E-state index contributed by atoms with van der Waals surface area (Å²) in [7, 11) is 0. The normalized spacial score (nSPS) is 19.3. The highest BCUT2D eigenvalue weighted by atomic mass is 32.1. The van der Waals surface area contributed by atoms with Gasteiger partial charge in [-0.3, -0.25) is 0 Å². The largest absolute Gasteiger partial charge is 0.496 e. The van der Waals surface area contributed by atoms with Gasteiger partial charge in [0.2, 0.25) is 0 Å². The molecule has 0 saturated heterocycles. The summed E-state index contributed by atoms with van der Waals surface area (Å²) in [5.41, 5.74) is 22.0. The summed E-state index contributed by atoms with van der Waals surface area (Å²) in [6.07, 6.45) is 12.4. The lowest BCUT2D eigenvalue weighted by Crippen LogP contribution is -2.34. The summed E-state index contributed by atoms with van der Waals surface area (Å²) in [5.74, 6) is 0.510. The third-order valence-corrected chi connectivity index (χ3v) is 16.4. The lowest BCUT2D eigenvalue weighted by Gasteiger charge is -2.46. The molecule has 0 fully saturated rings. The molecule has 0 spiro atoms. The SMILES string of the molecule is CC1(C)c2cc(C3=Cc4c(sc5c4COC=C5)CC3)ccc2-c2c1cc1c3c2CCCC3C(C)(C)c2cc(-c3ccc4sc5ccccc5c4c3)ccc2-1. The van der Waals surface area contributed by atoms with Crippen LogP contribution in [0.4, 0.5) is 0 Å². The van der Waals surface area contributed by atoms with Gasteiger partial charge in [0.15, 0.2) is 0 Å². The van der Waals surface area contributed by atoms with Crippen LogP contribution in [0.5, 0.6) is 0 Å². The second-order valence-electron chi connectivity index (χ2n) is 17.4. The lowest BCUT2D eigenvalue weighted by molar-refractivity contribution is 0.235. The number of ether oxygens (including phenoxy) is 1. The van der Waals surface area contributed by atoms with Crippen molar-refractivity contribution in [2.24, 2.45) is 0 Å². The first-order chi connectivity index (χ1) is 26.3. The number of thiophene rings is 2. The quantitative estimate of drug-likeness (QED) is 0.172. The molecule has 264 valence electrons. The van der Waals surface area contributed by atoms with Gasteiger partial charge in [0.05, 0.1) is 6.26 Å². The molecule has 2 aromatic heterocycles. The first-order valence-corrected chi connectivity index (χ1v) is 21.4. The van der Waals surface area contributed by atoms with Gasteiger partial charge in [0, 0.05) is 40.9 Å². The zero-order valence-electron chi connectivity index (χ0n) is 31.4. The highest BCUT2D eigenvalue weighted by molar-refractivity contribution is 7.25. The Morgan fingerprint density at radius 1 is 0.667 bits per heavy atom. The van der Waals surface area contributed by atoms with Gasteiger partial charge in [-0.1, -0.05) is 76.2 Å². The Morgan fingerprint density at radius 3 is 2.39 bits per heavy atom. The fraction of sp³-hybridized carbons (Fsp3) is 0.255. The van der Waals surface area contributed by atoms with Gasteiger partial charge in [0.1, 0.15) is 6.61 Å². The van der Waals surface area contributed by atoms with E-state index in [1.165, 1.54) is 116 Å². The fourth-order valence-corrected chi connectivity index (χ4v) is 13.4. The Hall–Kier alpha value is -4.70. The maximum atomic E-state index is 5.74. The smallest absolute Gasteiger partial charge is 0.114 e. The molecule has 12 rings (SSSR count). The summed E-state index contributed by atoms with van der Waals surface area (Å²) in [6, 6.07) is 33.5. The van der Waals surface area contributed by atoms with Crippen LogP contribution in [-0.2, 0) is 35.0 Å². The van der Waals surface area contributed by atoms with Crippen molar-refractivity contribution >= 4 is 60.6 Å². The predicted molar refractivity (Wildman–Crippen MR) is 231 cm³/mol. The van der Waals surface area contributed by atoms with Gasteiger partial charge in [-0.25, -0.2) is 0 Å². The van der Waals surface area contributed by atoms with Crippen LogP contribution in [0.3, 0.4) is 0 Å². The van der Waals surface area contributed by atoms with E-state index in [0.29, 0.717) is 12.5 Å². The first-order valence-electron chi connectivity index (χ1n) is 19.8. The number of hydrogen-bond donors (Lipinski definition) is 0. The highest BCUT2D eigenvalue weighted by Crippen LogP contribution is 2.61. The second kappa shape index (κ2) is 11.0. The molecule has 1 aliphatic heterocycles. The molecule has 3 heteroatoms. The van der Waals surface area contributed by atoms with Crippen molar-refractivity contribution in [1.82, 2.24) is 0 Å². The van der Waals surface area contributed by atoms with E-state index in [2.05, 4.69) is 125 Å². The molecule has 1 unspecified atom stereocenters. The fourth-order valence-electron chi connectivity index (χ4n) is 11.1. The summed E-state index contributed by atoms with van der Waals surface area (Å²) in [6.45, 7) is 10.7. The van der Waals surface area contributed by atoms with Gasteiger partial charge in [-0.05, 0) is 170 Å². The van der Waals surface area contributed by atoms with Crippen LogP contribution in [0.1, 0.15) is 107 Å². The van der Waals surface area contributed by atoms with Crippen LogP contribution in [-0.4, -0.2) is 0 Å². The van der Waals surface area contributed by atoms with Crippen LogP contribution in [0.15, 0.2) is 91.2 Å². The Labute approximate surface area is 325 Å². The van der Waals surface area contributed by atoms with Gasteiger partial charge < -0.3 is 4.74 Å². The Balaban J connectivity index is 0.990. The first kappa shape index (κ1) is 31.6. The number of rotatable bonds is 2. The average Bonchev–Trinajstić information content (AvgIpc) is 3.83. The van der Waals surface area contributed by atoms with Crippen molar-refractivity contribution in [2.75, 3.05) is 0 Å². The molecule has 5 aliphatic rings. The molecule has 4 aliphatic carbocycles. The summed E-state index contributed by atoms with van der Waals surface area (Å²) >= 11 is 3.85. The van der Waals surface area contributed by atoms with E-state index in [1.54, 1.807) is 16.7 Å². The third-order valence-electron chi connectivity index (χ3n) is 14.0. The molecule has 0 saturated carbocycles. The maximum absolute atomic E-state index is 5.74. The zero-order chi connectivity index (χ0) is 36.1. The van der Waals surface area contributed by atoms with Crippen molar-refractivity contribution < 1.29 is 4.74 Å². The number of benzene rings is 5. The average molecular weight is 735 g/mol. The number of hydrogen-bond acceptors (Lipinski definition) is 3. The van der Waals surface area contributed by atoms with Gasteiger partial charge in [-0.2, -0.15) is 0 Å². The minimum atomic E-state index is -0.0779. The molecule has 1 nitrogen and oxygen atoms in total. The number of aryl methyl sites for hydroxylation is 1. The van der Waals surface area contributed by atoms with Crippen molar-refractivity contribution in [2.45, 2.75) is 83.2 Å². The van der Waals surface area contributed by atoms with Gasteiger partial charge in [0.25, 0.3) is 0 Å². The summed E-state index contributed by atoms with van der Waals surface area (Å²) in [4.78, 5) is 2.89. The Kier molecular flexibility index (Phi) is 6.42. The van der Waals surface area contributed by atoms with Crippen LogP contribution < -0.4 is 0 Å². The van der Waals surface area contributed by atoms with E-state index in [9.17, 15) is 0 Å². The molecular weight excluding hydrogens is 693 g/mol.